The molecule has 86 valence electrons. The highest BCUT2D eigenvalue weighted by Crippen LogP contribution is 2.31. The minimum atomic E-state index is 0.495. The number of fused-ring (bicyclic) bond motifs is 1. The minimum Gasteiger partial charge on any atom is -0.325 e. The fourth-order valence-electron chi connectivity index (χ4n) is 1.64. The zero-order valence-corrected chi connectivity index (χ0v) is 10.9. The van der Waals surface area contributed by atoms with Gasteiger partial charge in [0.15, 0.2) is 0 Å². The molecule has 0 atom stereocenters. The first-order chi connectivity index (χ1) is 8.26. The summed E-state index contributed by atoms with van der Waals surface area (Å²) in [6, 6.07) is 6.30. The van der Waals surface area contributed by atoms with E-state index in [0.717, 1.165) is 21.2 Å². The molecule has 0 aliphatic heterocycles. The van der Waals surface area contributed by atoms with E-state index in [4.69, 9.17) is 5.73 Å². The molecule has 0 spiro atoms. The van der Waals surface area contributed by atoms with Crippen molar-refractivity contribution in [2.24, 2.45) is 5.73 Å². The molecule has 0 saturated carbocycles. The van der Waals surface area contributed by atoms with Crippen LogP contribution in [0.3, 0.4) is 0 Å². The molecule has 0 unspecified atom stereocenters. The van der Waals surface area contributed by atoms with Gasteiger partial charge in [-0.15, -0.1) is 22.7 Å². The van der Waals surface area contributed by atoms with E-state index >= 15 is 0 Å². The van der Waals surface area contributed by atoms with Gasteiger partial charge in [-0.1, -0.05) is 6.07 Å². The van der Waals surface area contributed by atoms with Crippen LogP contribution in [0.2, 0.25) is 0 Å². The molecule has 0 amide bonds. The van der Waals surface area contributed by atoms with Crippen molar-refractivity contribution >= 4 is 32.9 Å². The average Bonchev–Trinajstić information content (AvgIpc) is 2.93. The minimum absolute atomic E-state index is 0.495. The van der Waals surface area contributed by atoms with Gasteiger partial charge in [0.05, 0.1) is 10.2 Å². The molecule has 5 heteroatoms. The van der Waals surface area contributed by atoms with Crippen LogP contribution in [0.5, 0.6) is 0 Å². The van der Waals surface area contributed by atoms with Crippen molar-refractivity contribution < 1.29 is 0 Å². The molecule has 3 rings (SSSR count). The Labute approximate surface area is 107 Å². The average molecular weight is 261 g/mol. The Hall–Kier alpha value is -1.30. The first-order valence-corrected chi connectivity index (χ1v) is 6.98. The van der Waals surface area contributed by atoms with Gasteiger partial charge in [0, 0.05) is 11.9 Å². The molecule has 2 aromatic heterocycles. The maximum absolute atomic E-state index is 5.57. The summed E-state index contributed by atoms with van der Waals surface area (Å²) in [6.45, 7) is 2.59. The number of hydrogen-bond acceptors (Lipinski definition) is 5. The first kappa shape index (κ1) is 10.8. The first-order valence-electron chi connectivity index (χ1n) is 5.28. The molecule has 0 bridgehead atoms. The Morgan fingerprint density at radius 2 is 2.18 bits per heavy atom. The molecule has 2 heterocycles. The second-order valence-corrected chi connectivity index (χ2v) is 5.79. The van der Waals surface area contributed by atoms with Gasteiger partial charge in [0.1, 0.15) is 15.7 Å². The Morgan fingerprint density at radius 1 is 1.29 bits per heavy atom. The van der Waals surface area contributed by atoms with Crippen molar-refractivity contribution in [3.8, 4) is 10.7 Å². The number of nitrogens with zero attached hydrogens (tertiary/aromatic N) is 2. The smallest absolute Gasteiger partial charge is 0.143 e. The number of aryl methyl sites for hydroxylation is 1. The van der Waals surface area contributed by atoms with Crippen molar-refractivity contribution in [2.75, 3.05) is 0 Å². The van der Waals surface area contributed by atoms with Crippen molar-refractivity contribution in [1.29, 1.82) is 0 Å². The van der Waals surface area contributed by atoms with Crippen LogP contribution in [-0.4, -0.2) is 9.97 Å². The summed E-state index contributed by atoms with van der Waals surface area (Å²) >= 11 is 3.27. The van der Waals surface area contributed by atoms with Crippen LogP contribution in [-0.2, 0) is 6.54 Å². The Bertz CT molecular complexity index is 669. The molecule has 0 aliphatic carbocycles. The summed E-state index contributed by atoms with van der Waals surface area (Å²) in [5, 5.41) is 3.95. The van der Waals surface area contributed by atoms with Crippen LogP contribution in [0.15, 0.2) is 23.6 Å². The molecule has 0 fully saturated rings. The van der Waals surface area contributed by atoms with Crippen molar-refractivity contribution in [3.63, 3.8) is 0 Å². The van der Waals surface area contributed by atoms with Gasteiger partial charge >= 0.3 is 0 Å². The van der Waals surface area contributed by atoms with Crippen LogP contribution in [0.25, 0.3) is 20.9 Å². The lowest BCUT2D eigenvalue weighted by atomic mass is 10.2. The van der Waals surface area contributed by atoms with Gasteiger partial charge in [-0.25, -0.2) is 9.97 Å². The van der Waals surface area contributed by atoms with E-state index in [1.807, 2.05) is 5.38 Å². The number of aromatic nitrogens is 2. The third-order valence-corrected chi connectivity index (χ3v) is 4.40. The lowest BCUT2D eigenvalue weighted by Crippen LogP contribution is -1.94. The van der Waals surface area contributed by atoms with Gasteiger partial charge < -0.3 is 5.73 Å². The van der Waals surface area contributed by atoms with Gasteiger partial charge in [0.2, 0.25) is 0 Å². The predicted molar refractivity (Wildman–Crippen MR) is 73.4 cm³/mol. The lowest BCUT2D eigenvalue weighted by Gasteiger charge is -1.88. The maximum atomic E-state index is 5.57. The normalized spacial score (nSPS) is 11.2. The molecule has 3 aromatic rings. The Balaban J connectivity index is 2.11. The standard InChI is InChI=1S/C12H11N3S2/c1-7-2-3-8-10(4-7)17-12(15-8)9-6-16-11(5-13)14-9/h2-4,6H,5,13H2,1H3. The van der Waals surface area contributed by atoms with E-state index in [-0.39, 0.29) is 0 Å². The predicted octanol–water partition coefficient (Wildman–Crippen LogP) is 3.19. The molecule has 17 heavy (non-hydrogen) atoms. The summed E-state index contributed by atoms with van der Waals surface area (Å²) in [7, 11) is 0. The second kappa shape index (κ2) is 4.18. The quantitative estimate of drug-likeness (QED) is 0.770. The van der Waals surface area contributed by atoms with E-state index in [9.17, 15) is 0 Å². The molecule has 0 radical (unpaired) electrons. The fourth-order valence-corrected chi connectivity index (χ4v) is 3.40. The van der Waals surface area contributed by atoms with Crippen molar-refractivity contribution in [3.05, 3.63) is 34.2 Å². The van der Waals surface area contributed by atoms with Crippen molar-refractivity contribution in [2.45, 2.75) is 13.5 Å². The van der Waals surface area contributed by atoms with E-state index < -0.39 is 0 Å². The lowest BCUT2D eigenvalue weighted by molar-refractivity contribution is 1.04. The van der Waals surface area contributed by atoms with Crippen LogP contribution in [0.4, 0.5) is 0 Å². The Morgan fingerprint density at radius 3 is 2.94 bits per heavy atom. The molecular weight excluding hydrogens is 250 g/mol. The number of nitrogens with two attached hydrogens (primary N) is 1. The zero-order chi connectivity index (χ0) is 11.8. The summed E-state index contributed by atoms with van der Waals surface area (Å²) in [5.74, 6) is 0. The molecule has 0 aliphatic rings. The highest BCUT2D eigenvalue weighted by molar-refractivity contribution is 7.21. The third-order valence-electron chi connectivity index (χ3n) is 2.49. The van der Waals surface area contributed by atoms with Crippen LogP contribution in [0, 0.1) is 6.92 Å². The second-order valence-electron chi connectivity index (χ2n) is 3.82. The monoisotopic (exact) mass is 261 g/mol. The number of thiazole rings is 2. The van der Waals surface area contributed by atoms with Crippen LogP contribution in [0.1, 0.15) is 10.6 Å². The summed E-state index contributed by atoms with van der Waals surface area (Å²) in [6.07, 6.45) is 0. The largest absolute Gasteiger partial charge is 0.325 e. The fraction of sp³-hybridized carbons (Fsp3) is 0.167. The maximum Gasteiger partial charge on any atom is 0.143 e. The molecule has 3 nitrogen and oxygen atoms in total. The van der Waals surface area contributed by atoms with Crippen LogP contribution < -0.4 is 5.73 Å². The van der Waals surface area contributed by atoms with E-state index in [2.05, 4.69) is 35.1 Å². The number of hydrogen-bond donors (Lipinski definition) is 1. The van der Waals surface area contributed by atoms with Crippen molar-refractivity contribution in [1.82, 2.24) is 9.97 Å². The molecule has 1 aromatic carbocycles. The van der Waals surface area contributed by atoms with Gasteiger partial charge in [-0.3, -0.25) is 0 Å². The van der Waals surface area contributed by atoms with E-state index in [0.29, 0.717) is 6.54 Å². The summed E-state index contributed by atoms with van der Waals surface area (Å²) < 4.78 is 1.21. The zero-order valence-electron chi connectivity index (χ0n) is 9.30. The van der Waals surface area contributed by atoms with E-state index in [1.165, 1.54) is 10.3 Å². The van der Waals surface area contributed by atoms with Gasteiger partial charge in [-0.05, 0) is 24.6 Å². The number of benzene rings is 1. The highest BCUT2D eigenvalue weighted by Gasteiger charge is 2.09. The molecule has 2 N–H and O–H groups in total. The molecule has 0 saturated heterocycles. The summed E-state index contributed by atoms with van der Waals surface area (Å²) in [4.78, 5) is 9.05. The number of rotatable bonds is 2. The highest BCUT2D eigenvalue weighted by atomic mass is 32.1. The van der Waals surface area contributed by atoms with Gasteiger partial charge in [0.25, 0.3) is 0 Å². The third kappa shape index (κ3) is 1.97. The van der Waals surface area contributed by atoms with Crippen LogP contribution >= 0.6 is 22.7 Å². The summed E-state index contributed by atoms with van der Waals surface area (Å²) in [5.41, 5.74) is 8.80. The molecular formula is C12H11N3S2. The topological polar surface area (TPSA) is 51.8 Å². The SMILES string of the molecule is Cc1ccc2nc(-c3csc(CN)n3)sc2c1. The Kier molecular flexibility index (Phi) is 2.66. The van der Waals surface area contributed by atoms with E-state index in [1.54, 1.807) is 22.7 Å². The van der Waals surface area contributed by atoms with Gasteiger partial charge in [-0.2, -0.15) is 0 Å².